The Morgan fingerprint density at radius 1 is 1.12 bits per heavy atom. The smallest absolute Gasteiger partial charge is 0.412 e. The second-order valence-electron chi connectivity index (χ2n) is 5.72. The SMILES string of the molecule is COC(OC(=O)N1CCCCCC1)C(C)(C)C. The number of hydrogen-bond acceptors (Lipinski definition) is 3. The highest BCUT2D eigenvalue weighted by atomic mass is 16.7. The molecule has 1 unspecified atom stereocenters. The van der Waals surface area contributed by atoms with Crippen LogP contribution in [0, 0.1) is 5.41 Å². The lowest BCUT2D eigenvalue weighted by molar-refractivity contribution is -0.148. The molecule has 1 aliphatic rings. The van der Waals surface area contributed by atoms with Gasteiger partial charge in [0.2, 0.25) is 6.29 Å². The molecule has 0 aromatic rings. The van der Waals surface area contributed by atoms with Crippen LogP contribution in [0.1, 0.15) is 46.5 Å². The first kappa shape index (κ1) is 14.3. The van der Waals surface area contributed by atoms with E-state index < -0.39 is 6.29 Å². The second-order valence-corrected chi connectivity index (χ2v) is 5.72. The Balaban J connectivity index is 2.51. The highest BCUT2D eigenvalue weighted by Gasteiger charge is 2.30. The number of ether oxygens (including phenoxy) is 2. The molecule has 0 saturated carbocycles. The lowest BCUT2D eigenvalue weighted by Gasteiger charge is -2.31. The highest BCUT2D eigenvalue weighted by molar-refractivity contribution is 5.67. The number of methoxy groups -OCH3 is 1. The van der Waals surface area contributed by atoms with E-state index in [0.717, 1.165) is 25.9 Å². The number of likely N-dealkylation sites (tertiary alicyclic amines) is 1. The number of amides is 1. The Bertz CT molecular complexity index is 240. The zero-order valence-corrected chi connectivity index (χ0v) is 11.5. The van der Waals surface area contributed by atoms with Gasteiger partial charge >= 0.3 is 6.09 Å². The van der Waals surface area contributed by atoms with E-state index in [-0.39, 0.29) is 11.5 Å². The number of carbonyl (C=O) groups excluding carboxylic acids is 1. The third-order valence-electron chi connectivity index (χ3n) is 2.99. The molecule has 1 amide bonds. The fraction of sp³-hybridized carbons (Fsp3) is 0.923. The lowest BCUT2D eigenvalue weighted by Crippen LogP contribution is -2.40. The normalized spacial score (nSPS) is 19.6. The van der Waals surface area contributed by atoms with Crippen molar-refractivity contribution in [1.29, 1.82) is 0 Å². The van der Waals surface area contributed by atoms with Crippen molar-refractivity contribution in [3.8, 4) is 0 Å². The molecule has 17 heavy (non-hydrogen) atoms. The maximum Gasteiger partial charge on any atom is 0.412 e. The number of hydrogen-bond donors (Lipinski definition) is 0. The van der Waals surface area contributed by atoms with E-state index in [2.05, 4.69) is 0 Å². The van der Waals surface area contributed by atoms with Crippen molar-refractivity contribution in [2.75, 3.05) is 20.2 Å². The number of nitrogens with zero attached hydrogens (tertiary/aromatic N) is 1. The minimum absolute atomic E-state index is 0.198. The van der Waals surface area contributed by atoms with Crippen molar-refractivity contribution in [2.45, 2.75) is 52.7 Å². The minimum atomic E-state index is -0.488. The second kappa shape index (κ2) is 6.24. The highest BCUT2D eigenvalue weighted by Crippen LogP contribution is 2.23. The van der Waals surface area contributed by atoms with E-state index in [0.29, 0.717) is 0 Å². The first-order valence-electron chi connectivity index (χ1n) is 6.43. The summed E-state index contributed by atoms with van der Waals surface area (Å²) in [5.74, 6) is 0. The van der Waals surface area contributed by atoms with E-state index >= 15 is 0 Å². The Morgan fingerprint density at radius 3 is 2.06 bits per heavy atom. The molecular weight excluding hydrogens is 218 g/mol. The minimum Gasteiger partial charge on any atom is -0.419 e. The van der Waals surface area contributed by atoms with Gasteiger partial charge in [-0.2, -0.15) is 0 Å². The van der Waals surface area contributed by atoms with Crippen LogP contribution in [-0.4, -0.2) is 37.5 Å². The largest absolute Gasteiger partial charge is 0.419 e. The summed E-state index contributed by atoms with van der Waals surface area (Å²) in [6.45, 7) is 7.60. The maximum absolute atomic E-state index is 12.0. The molecule has 4 heteroatoms. The molecule has 1 rings (SSSR count). The molecule has 1 saturated heterocycles. The molecule has 0 radical (unpaired) electrons. The van der Waals surface area contributed by atoms with Gasteiger partial charge in [0.15, 0.2) is 0 Å². The average molecular weight is 243 g/mol. The van der Waals surface area contributed by atoms with Crippen molar-refractivity contribution >= 4 is 6.09 Å². The molecule has 0 spiro atoms. The van der Waals surface area contributed by atoms with Crippen LogP contribution in [0.2, 0.25) is 0 Å². The molecule has 0 aliphatic carbocycles. The Morgan fingerprint density at radius 2 is 1.65 bits per heavy atom. The van der Waals surface area contributed by atoms with Crippen LogP contribution in [0.15, 0.2) is 0 Å². The van der Waals surface area contributed by atoms with Gasteiger partial charge < -0.3 is 14.4 Å². The van der Waals surface area contributed by atoms with Crippen LogP contribution in [0.5, 0.6) is 0 Å². The van der Waals surface area contributed by atoms with Crippen molar-refractivity contribution in [3.05, 3.63) is 0 Å². The van der Waals surface area contributed by atoms with Crippen LogP contribution in [0.25, 0.3) is 0 Å². The molecule has 0 bridgehead atoms. The van der Waals surface area contributed by atoms with Gasteiger partial charge in [-0.25, -0.2) is 4.79 Å². The molecule has 0 aromatic heterocycles. The van der Waals surface area contributed by atoms with E-state index in [9.17, 15) is 4.79 Å². The van der Waals surface area contributed by atoms with Crippen molar-refractivity contribution < 1.29 is 14.3 Å². The Hall–Kier alpha value is -0.770. The van der Waals surface area contributed by atoms with Crippen LogP contribution in [0.4, 0.5) is 4.79 Å². The van der Waals surface area contributed by atoms with E-state index in [1.807, 2.05) is 20.8 Å². The lowest BCUT2D eigenvalue weighted by atomic mass is 9.96. The van der Waals surface area contributed by atoms with E-state index in [4.69, 9.17) is 9.47 Å². The molecule has 1 heterocycles. The first-order valence-corrected chi connectivity index (χ1v) is 6.43. The fourth-order valence-corrected chi connectivity index (χ4v) is 2.00. The van der Waals surface area contributed by atoms with Gasteiger partial charge in [-0.3, -0.25) is 0 Å². The van der Waals surface area contributed by atoms with Gasteiger partial charge in [0.1, 0.15) is 0 Å². The third-order valence-corrected chi connectivity index (χ3v) is 2.99. The van der Waals surface area contributed by atoms with Gasteiger partial charge in [-0.15, -0.1) is 0 Å². The Labute approximate surface area is 104 Å². The molecular formula is C13H25NO3. The summed E-state index contributed by atoms with van der Waals surface area (Å²) in [6, 6.07) is 0. The van der Waals surface area contributed by atoms with Crippen LogP contribution < -0.4 is 0 Å². The monoisotopic (exact) mass is 243 g/mol. The zero-order valence-electron chi connectivity index (χ0n) is 11.5. The van der Waals surface area contributed by atoms with E-state index in [1.165, 1.54) is 12.8 Å². The zero-order chi connectivity index (χ0) is 12.9. The summed E-state index contributed by atoms with van der Waals surface area (Å²) in [4.78, 5) is 13.8. The van der Waals surface area contributed by atoms with Gasteiger partial charge in [-0.1, -0.05) is 33.6 Å². The molecule has 1 fully saturated rings. The van der Waals surface area contributed by atoms with Crippen molar-refractivity contribution in [3.63, 3.8) is 0 Å². The summed E-state index contributed by atoms with van der Waals surface area (Å²) in [5, 5.41) is 0. The average Bonchev–Trinajstić information content (AvgIpc) is 2.52. The number of rotatable bonds is 2. The van der Waals surface area contributed by atoms with Crippen LogP contribution in [-0.2, 0) is 9.47 Å². The molecule has 100 valence electrons. The topological polar surface area (TPSA) is 38.8 Å². The summed E-state index contributed by atoms with van der Waals surface area (Å²) < 4.78 is 10.7. The van der Waals surface area contributed by atoms with Crippen molar-refractivity contribution in [1.82, 2.24) is 4.90 Å². The Kier molecular flexibility index (Phi) is 5.25. The molecule has 0 aromatic carbocycles. The predicted molar refractivity (Wildman–Crippen MR) is 66.8 cm³/mol. The standard InChI is InChI=1S/C13H25NO3/c1-13(2,3)11(16-4)17-12(15)14-9-7-5-6-8-10-14/h11H,5-10H2,1-4H3. The summed E-state index contributed by atoms with van der Waals surface area (Å²) in [6.07, 6.45) is 3.82. The molecule has 1 atom stereocenters. The predicted octanol–water partition coefficient (Wildman–Crippen LogP) is 3.02. The maximum atomic E-state index is 12.0. The summed E-state index contributed by atoms with van der Waals surface area (Å²) in [7, 11) is 1.58. The van der Waals surface area contributed by atoms with Gasteiger partial charge in [0, 0.05) is 25.6 Å². The van der Waals surface area contributed by atoms with Gasteiger partial charge in [0.05, 0.1) is 0 Å². The summed E-state index contributed by atoms with van der Waals surface area (Å²) in [5.41, 5.74) is -0.198. The van der Waals surface area contributed by atoms with Crippen molar-refractivity contribution in [2.24, 2.45) is 5.41 Å². The molecule has 0 N–H and O–H groups in total. The number of carbonyl (C=O) groups is 1. The fourth-order valence-electron chi connectivity index (χ4n) is 2.00. The molecule has 1 aliphatic heterocycles. The first-order chi connectivity index (χ1) is 7.95. The van der Waals surface area contributed by atoms with Crippen LogP contribution in [0.3, 0.4) is 0 Å². The summed E-state index contributed by atoms with van der Waals surface area (Å²) >= 11 is 0. The van der Waals surface area contributed by atoms with E-state index in [1.54, 1.807) is 12.0 Å². The quantitative estimate of drug-likeness (QED) is 0.700. The van der Waals surface area contributed by atoms with Gasteiger partial charge in [0.25, 0.3) is 0 Å². The molecule has 4 nitrogen and oxygen atoms in total. The van der Waals surface area contributed by atoms with Gasteiger partial charge in [-0.05, 0) is 12.8 Å². The third kappa shape index (κ3) is 4.54. The van der Waals surface area contributed by atoms with Crippen LogP contribution >= 0.6 is 0 Å².